The van der Waals surface area contributed by atoms with E-state index >= 15 is 0 Å². The summed E-state index contributed by atoms with van der Waals surface area (Å²) in [6.07, 6.45) is 7.58. The predicted molar refractivity (Wildman–Crippen MR) is 67.5 cm³/mol. The third-order valence-electron chi connectivity index (χ3n) is 3.74. The van der Waals surface area contributed by atoms with Crippen molar-refractivity contribution in [1.29, 1.82) is 0 Å². The van der Waals surface area contributed by atoms with E-state index in [1.165, 1.54) is 37.8 Å². The van der Waals surface area contributed by atoms with Crippen molar-refractivity contribution >= 4 is 5.82 Å². The molecule has 2 rings (SSSR count). The average molecular weight is 221 g/mol. The maximum Gasteiger partial charge on any atom is 0.127 e. The molecule has 1 saturated carbocycles. The minimum Gasteiger partial charge on any atom is -0.384 e. The van der Waals surface area contributed by atoms with Gasteiger partial charge in [-0.25, -0.2) is 4.98 Å². The van der Waals surface area contributed by atoms with Crippen LogP contribution >= 0.6 is 0 Å². The fraction of sp³-hybridized carbons (Fsp3) is 0.769. The largest absolute Gasteiger partial charge is 0.384 e. The number of imidazole rings is 1. The second-order valence-corrected chi connectivity index (χ2v) is 4.73. The van der Waals surface area contributed by atoms with Crippen LogP contribution in [-0.2, 0) is 13.0 Å². The van der Waals surface area contributed by atoms with Crippen molar-refractivity contribution in [2.45, 2.75) is 64.8 Å². The third-order valence-corrected chi connectivity index (χ3v) is 3.74. The van der Waals surface area contributed by atoms with E-state index in [0.717, 1.165) is 24.6 Å². The zero-order chi connectivity index (χ0) is 11.5. The van der Waals surface area contributed by atoms with Crippen molar-refractivity contribution in [3.63, 3.8) is 0 Å². The Morgan fingerprint density at radius 2 is 1.94 bits per heavy atom. The van der Waals surface area contributed by atoms with E-state index < -0.39 is 0 Å². The lowest BCUT2D eigenvalue weighted by Crippen LogP contribution is -2.09. The lowest BCUT2D eigenvalue weighted by Gasteiger charge is -2.20. The zero-order valence-corrected chi connectivity index (χ0v) is 10.5. The SMILES string of the molecule is CCc1nc(C2CCCCC2)c(N)n1CC. The number of anilines is 1. The molecular formula is C13H23N3. The summed E-state index contributed by atoms with van der Waals surface area (Å²) >= 11 is 0. The Morgan fingerprint density at radius 1 is 1.25 bits per heavy atom. The first-order valence-corrected chi connectivity index (χ1v) is 6.62. The van der Waals surface area contributed by atoms with E-state index in [0.29, 0.717) is 5.92 Å². The summed E-state index contributed by atoms with van der Waals surface area (Å²) in [4.78, 5) is 4.76. The van der Waals surface area contributed by atoms with Gasteiger partial charge in [0.2, 0.25) is 0 Å². The molecule has 0 amide bonds. The van der Waals surface area contributed by atoms with E-state index in [9.17, 15) is 0 Å². The van der Waals surface area contributed by atoms with Gasteiger partial charge in [0.1, 0.15) is 11.6 Å². The van der Waals surface area contributed by atoms with E-state index in [1.807, 2.05) is 0 Å². The van der Waals surface area contributed by atoms with Gasteiger partial charge in [-0.1, -0.05) is 26.2 Å². The van der Waals surface area contributed by atoms with Crippen LogP contribution in [0.2, 0.25) is 0 Å². The quantitative estimate of drug-likeness (QED) is 0.852. The molecule has 1 aromatic rings. The minimum atomic E-state index is 0.617. The highest BCUT2D eigenvalue weighted by atomic mass is 15.1. The molecular weight excluding hydrogens is 198 g/mol. The van der Waals surface area contributed by atoms with Crippen LogP contribution < -0.4 is 5.73 Å². The number of nitrogens with two attached hydrogens (primary N) is 1. The van der Waals surface area contributed by atoms with E-state index in [4.69, 9.17) is 10.7 Å². The first-order valence-electron chi connectivity index (χ1n) is 6.62. The number of hydrogen-bond donors (Lipinski definition) is 1. The number of aryl methyl sites for hydroxylation is 1. The Balaban J connectivity index is 2.29. The first-order chi connectivity index (χ1) is 7.77. The lowest BCUT2D eigenvalue weighted by molar-refractivity contribution is 0.438. The summed E-state index contributed by atoms with van der Waals surface area (Å²) in [5, 5.41) is 0. The molecule has 0 bridgehead atoms. The molecule has 1 heterocycles. The highest BCUT2D eigenvalue weighted by Crippen LogP contribution is 2.35. The monoisotopic (exact) mass is 221 g/mol. The summed E-state index contributed by atoms with van der Waals surface area (Å²) in [6, 6.07) is 0. The molecule has 1 aliphatic carbocycles. The van der Waals surface area contributed by atoms with Crippen molar-refractivity contribution in [1.82, 2.24) is 9.55 Å². The average Bonchev–Trinajstić information content (AvgIpc) is 2.66. The molecule has 0 aromatic carbocycles. The Labute approximate surface area is 98.1 Å². The summed E-state index contributed by atoms with van der Waals surface area (Å²) in [5.41, 5.74) is 7.40. The molecule has 0 unspecified atom stereocenters. The van der Waals surface area contributed by atoms with Crippen molar-refractivity contribution in [3.8, 4) is 0 Å². The smallest absolute Gasteiger partial charge is 0.127 e. The normalized spacial score (nSPS) is 17.9. The van der Waals surface area contributed by atoms with E-state index in [1.54, 1.807) is 0 Å². The molecule has 3 heteroatoms. The van der Waals surface area contributed by atoms with Gasteiger partial charge in [0, 0.05) is 18.9 Å². The van der Waals surface area contributed by atoms with Gasteiger partial charge in [-0.15, -0.1) is 0 Å². The summed E-state index contributed by atoms with van der Waals surface area (Å²) in [7, 11) is 0. The minimum absolute atomic E-state index is 0.617. The van der Waals surface area contributed by atoms with Crippen LogP contribution in [0, 0.1) is 0 Å². The van der Waals surface area contributed by atoms with Crippen molar-refractivity contribution in [2.24, 2.45) is 0 Å². The van der Waals surface area contributed by atoms with Crippen LogP contribution in [0.4, 0.5) is 5.82 Å². The molecule has 0 spiro atoms. The fourth-order valence-electron chi connectivity index (χ4n) is 2.83. The van der Waals surface area contributed by atoms with Crippen LogP contribution in [-0.4, -0.2) is 9.55 Å². The molecule has 2 N–H and O–H groups in total. The third kappa shape index (κ3) is 1.95. The summed E-state index contributed by atoms with van der Waals surface area (Å²) in [6.45, 7) is 5.23. The molecule has 90 valence electrons. The van der Waals surface area contributed by atoms with Crippen LogP contribution in [0.5, 0.6) is 0 Å². The number of nitrogens with zero attached hydrogens (tertiary/aromatic N) is 2. The Hall–Kier alpha value is -0.990. The van der Waals surface area contributed by atoms with Gasteiger partial charge in [-0.05, 0) is 19.8 Å². The summed E-state index contributed by atoms with van der Waals surface area (Å²) in [5.74, 6) is 2.69. The second kappa shape index (κ2) is 4.89. The fourth-order valence-corrected chi connectivity index (χ4v) is 2.83. The van der Waals surface area contributed by atoms with Gasteiger partial charge in [0.25, 0.3) is 0 Å². The number of aromatic nitrogens is 2. The zero-order valence-electron chi connectivity index (χ0n) is 10.5. The number of hydrogen-bond acceptors (Lipinski definition) is 2. The van der Waals surface area contributed by atoms with E-state index in [-0.39, 0.29) is 0 Å². The van der Waals surface area contributed by atoms with Crippen LogP contribution in [0.3, 0.4) is 0 Å². The first kappa shape index (κ1) is 11.5. The Bertz CT molecular complexity index is 348. The Morgan fingerprint density at radius 3 is 2.44 bits per heavy atom. The molecule has 1 aromatic heterocycles. The molecule has 1 aliphatic rings. The maximum atomic E-state index is 6.22. The molecule has 0 atom stereocenters. The number of nitrogen functional groups attached to an aromatic ring is 1. The van der Waals surface area contributed by atoms with Crippen LogP contribution in [0.15, 0.2) is 0 Å². The molecule has 1 fully saturated rings. The lowest BCUT2D eigenvalue weighted by atomic mass is 9.87. The topological polar surface area (TPSA) is 43.8 Å². The van der Waals surface area contributed by atoms with Gasteiger partial charge in [0.05, 0.1) is 5.69 Å². The second-order valence-electron chi connectivity index (χ2n) is 4.73. The highest BCUT2D eigenvalue weighted by molar-refractivity contribution is 5.41. The molecule has 0 saturated heterocycles. The molecule has 16 heavy (non-hydrogen) atoms. The highest BCUT2D eigenvalue weighted by Gasteiger charge is 2.22. The standard InChI is InChI=1S/C13H23N3/c1-3-11-15-12(13(14)16(11)4-2)10-8-6-5-7-9-10/h10H,3-9,14H2,1-2H3. The number of rotatable bonds is 3. The van der Waals surface area contributed by atoms with Gasteiger partial charge in [0.15, 0.2) is 0 Å². The van der Waals surface area contributed by atoms with Crippen molar-refractivity contribution in [3.05, 3.63) is 11.5 Å². The van der Waals surface area contributed by atoms with Crippen molar-refractivity contribution in [2.75, 3.05) is 5.73 Å². The van der Waals surface area contributed by atoms with Crippen LogP contribution in [0.25, 0.3) is 0 Å². The van der Waals surface area contributed by atoms with E-state index in [2.05, 4.69) is 18.4 Å². The van der Waals surface area contributed by atoms with Gasteiger partial charge < -0.3 is 10.3 Å². The van der Waals surface area contributed by atoms with Gasteiger partial charge >= 0.3 is 0 Å². The van der Waals surface area contributed by atoms with Crippen molar-refractivity contribution < 1.29 is 0 Å². The predicted octanol–water partition coefficient (Wildman–Crippen LogP) is 3.10. The van der Waals surface area contributed by atoms with Gasteiger partial charge in [-0.2, -0.15) is 0 Å². The van der Waals surface area contributed by atoms with Gasteiger partial charge in [-0.3, -0.25) is 0 Å². The van der Waals surface area contributed by atoms with Crippen LogP contribution in [0.1, 0.15) is 63.4 Å². The molecule has 0 aliphatic heterocycles. The summed E-state index contributed by atoms with van der Waals surface area (Å²) < 4.78 is 2.17. The molecule has 3 nitrogen and oxygen atoms in total. The maximum absolute atomic E-state index is 6.22. The molecule has 0 radical (unpaired) electrons. The Kier molecular flexibility index (Phi) is 3.52.